The normalized spacial score (nSPS) is 16.0. The minimum Gasteiger partial charge on any atom is -0.495 e. The molecule has 0 aliphatic carbocycles. The van der Waals surface area contributed by atoms with Crippen LogP contribution in [0.4, 0.5) is 11.4 Å². The summed E-state index contributed by atoms with van der Waals surface area (Å²) in [5, 5.41) is 3.46. The first-order valence-electron chi connectivity index (χ1n) is 8.45. The molecule has 130 valence electrons. The van der Waals surface area contributed by atoms with Crippen molar-refractivity contribution in [3.05, 3.63) is 83.7 Å². The van der Waals surface area contributed by atoms with E-state index in [9.17, 15) is 4.79 Å². The highest BCUT2D eigenvalue weighted by Crippen LogP contribution is 2.39. The predicted octanol–water partition coefficient (Wildman–Crippen LogP) is 4.17. The van der Waals surface area contributed by atoms with Crippen LogP contribution in [0.15, 0.2) is 66.7 Å². The van der Waals surface area contributed by atoms with Gasteiger partial charge in [0, 0.05) is 11.4 Å². The number of nitrogens with zero attached hydrogens (tertiary/aromatic N) is 2. The minimum atomic E-state index is -0.423. The fourth-order valence-corrected chi connectivity index (χ4v) is 3.25. The topological polar surface area (TPSA) is 54.5 Å². The van der Waals surface area contributed by atoms with Crippen LogP contribution in [0.25, 0.3) is 0 Å². The SMILES string of the molecule is COc1ccccc1N1C(=O)c2ccccc2NC1c1cccc(C)n1. The molecule has 1 aromatic heterocycles. The molecule has 0 saturated heterocycles. The molecular formula is C21H19N3O2. The Bertz CT molecular complexity index is 971. The summed E-state index contributed by atoms with van der Waals surface area (Å²) in [5.41, 5.74) is 3.81. The number of amides is 1. The van der Waals surface area contributed by atoms with E-state index in [1.165, 1.54) is 0 Å². The fourth-order valence-electron chi connectivity index (χ4n) is 3.25. The van der Waals surface area contributed by atoms with Gasteiger partial charge in [-0.25, -0.2) is 0 Å². The zero-order valence-corrected chi connectivity index (χ0v) is 14.6. The number of anilines is 2. The smallest absolute Gasteiger partial charge is 0.262 e. The number of pyridine rings is 1. The quantitative estimate of drug-likeness (QED) is 0.774. The molecular weight excluding hydrogens is 326 g/mol. The van der Waals surface area contributed by atoms with E-state index in [0.717, 1.165) is 17.1 Å². The highest BCUT2D eigenvalue weighted by atomic mass is 16.5. The van der Waals surface area contributed by atoms with Gasteiger partial charge in [0.15, 0.2) is 6.17 Å². The zero-order valence-electron chi connectivity index (χ0n) is 14.6. The molecule has 3 aromatic rings. The van der Waals surface area contributed by atoms with Crippen molar-refractivity contribution in [2.24, 2.45) is 0 Å². The predicted molar refractivity (Wildman–Crippen MR) is 102 cm³/mol. The highest BCUT2D eigenvalue weighted by Gasteiger charge is 2.36. The van der Waals surface area contributed by atoms with Crippen molar-refractivity contribution in [1.29, 1.82) is 0 Å². The number of ether oxygens (including phenoxy) is 1. The van der Waals surface area contributed by atoms with Crippen molar-refractivity contribution in [2.75, 3.05) is 17.3 Å². The van der Waals surface area contributed by atoms with Gasteiger partial charge in [-0.2, -0.15) is 0 Å². The van der Waals surface area contributed by atoms with E-state index in [-0.39, 0.29) is 5.91 Å². The number of methoxy groups -OCH3 is 1. The molecule has 1 aliphatic heterocycles. The highest BCUT2D eigenvalue weighted by molar-refractivity contribution is 6.12. The van der Waals surface area contributed by atoms with Gasteiger partial charge in [0.2, 0.25) is 0 Å². The van der Waals surface area contributed by atoms with E-state index in [1.807, 2.05) is 73.7 Å². The summed E-state index contributed by atoms with van der Waals surface area (Å²) in [6.07, 6.45) is -0.423. The molecule has 1 atom stereocenters. The third kappa shape index (κ3) is 2.67. The molecule has 0 fully saturated rings. The second-order valence-corrected chi connectivity index (χ2v) is 6.14. The summed E-state index contributed by atoms with van der Waals surface area (Å²) in [6, 6.07) is 20.9. The van der Waals surface area contributed by atoms with Gasteiger partial charge in [-0.05, 0) is 43.3 Å². The molecule has 0 spiro atoms. The molecule has 0 radical (unpaired) electrons. The average molecular weight is 345 g/mol. The van der Waals surface area contributed by atoms with Crippen LogP contribution in [0, 0.1) is 6.92 Å². The average Bonchev–Trinajstić information content (AvgIpc) is 2.68. The first kappa shape index (κ1) is 16.1. The third-order valence-corrected chi connectivity index (χ3v) is 4.46. The van der Waals surface area contributed by atoms with Crippen LogP contribution in [0.2, 0.25) is 0 Å². The van der Waals surface area contributed by atoms with E-state index in [4.69, 9.17) is 4.74 Å². The van der Waals surface area contributed by atoms with Gasteiger partial charge in [0.1, 0.15) is 5.75 Å². The standard InChI is InChI=1S/C21H19N3O2/c1-14-8-7-11-17(22-14)20-23-16-10-4-3-9-15(16)21(25)24(20)18-12-5-6-13-19(18)26-2/h3-13,20,23H,1-2H3. The maximum absolute atomic E-state index is 13.4. The molecule has 1 amide bonds. The van der Waals surface area contributed by atoms with E-state index in [1.54, 1.807) is 12.0 Å². The number of hydrogen-bond acceptors (Lipinski definition) is 4. The summed E-state index contributed by atoms with van der Waals surface area (Å²) in [5.74, 6) is 0.553. The van der Waals surface area contributed by atoms with Gasteiger partial charge in [-0.15, -0.1) is 0 Å². The number of rotatable bonds is 3. The van der Waals surface area contributed by atoms with Crippen LogP contribution in [-0.4, -0.2) is 18.0 Å². The summed E-state index contributed by atoms with van der Waals surface area (Å²) in [6.45, 7) is 1.94. The molecule has 1 unspecified atom stereocenters. The Hall–Kier alpha value is -3.34. The van der Waals surface area contributed by atoms with Crippen molar-refractivity contribution in [2.45, 2.75) is 13.1 Å². The van der Waals surface area contributed by atoms with Crippen molar-refractivity contribution in [1.82, 2.24) is 4.98 Å². The molecule has 2 aromatic carbocycles. The third-order valence-electron chi connectivity index (χ3n) is 4.46. The minimum absolute atomic E-state index is 0.0860. The second-order valence-electron chi connectivity index (χ2n) is 6.14. The first-order valence-corrected chi connectivity index (χ1v) is 8.45. The van der Waals surface area contributed by atoms with Crippen LogP contribution < -0.4 is 15.0 Å². The Labute approximate surface area is 152 Å². The number of nitrogens with one attached hydrogen (secondary N) is 1. The number of benzene rings is 2. The Morgan fingerprint density at radius 3 is 2.58 bits per heavy atom. The molecule has 5 heteroatoms. The van der Waals surface area contributed by atoms with Crippen LogP contribution in [0.5, 0.6) is 5.75 Å². The lowest BCUT2D eigenvalue weighted by atomic mass is 10.0. The van der Waals surface area contributed by atoms with Crippen LogP contribution in [-0.2, 0) is 0 Å². The van der Waals surface area contributed by atoms with Crippen LogP contribution in [0.1, 0.15) is 27.9 Å². The summed E-state index contributed by atoms with van der Waals surface area (Å²) >= 11 is 0. The van der Waals surface area contributed by atoms with Gasteiger partial charge in [0.05, 0.1) is 24.1 Å². The van der Waals surface area contributed by atoms with Gasteiger partial charge < -0.3 is 10.1 Å². The summed E-state index contributed by atoms with van der Waals surface area (Å²) in [7, 11) is 1.61. The van der Waals surface area contributed by atoms with Crippen molar-refractivity contribution in [3.8, 4) is 5.75 Å². The lowest BCUT2D eigenvalue weighted by Crippen LogP contribution is -2.43. The molecule has 1 N–H and O–H groups in total. The molecule has 4 rings (SSSR count). The van der Waals surface area contributed by atoms with Crippen LogP contribution in [0.3, 0.4) is 0 Å². The Morgan fingerprint density at radius 2 is 1.77 bits per heavy atom. The molecule has 5 nitrogen and oxygen atoms in total. The number of hydrogen-bond donors (Lipinski definition) is 1. The largest absolute Gasteiger partial charge is 0.495 e. The number of aryl methyl sites for hydroxylation is 1. The molecule has 26 heavy (non-hydrogen) atoms. The summed E-state index contributed by atoms with van der Waals surface area (Å²) in [4.78, 5) is 19.7. The molecule has 0 saturated carbocycles. The van der Waals surface area contributed by atoms with Gasteiger partial charge >= 0.3 is 0 Å². The van der Waals surface area contributed by atoms with E-state index in [2.05, 4.69) is 10.3 Å². The van der Waals surface area contributed by atoms with E-state index >= 15 is 0 Å². The van der Waals surface area contributed by atoms with Gasteiger partial charge in [0.25, 0.3) is 5.91 Å². The van der Waals surface area contributed by atoms with Crippen LogP contribution >= 0.6 is 0 Å². The number of aromatic nitrogens is 1. The number of carbonyl (C=O) groups excluding carboxylic acids is 1. The first-order chi connectivity index (χ1) is 12.7. The summed E-state index contributed by atoms with van der Waals surface area (Å²) < 4.78 is 5.50. The second kappa shape index (κ2) is 6.52. The van der Waals surface area contributed by atoms with E-state index < -0.39 is 6.17 Å². The number of para-hydroxylation sites is 3. The lowest BCUT2D eigenvalue weighted by molar-refractivity contribution is 0.0973. The zero-order chi connectivity index (χ0) is 18.1. The van der Waals surface area contributed by atoms with E-state index in [0.29, 0.717) is 17.0 Å². The maximum atomic E-state index is 13.4. The Kier molecular flexibility index (Phi) is 4.05. The maximum Gasteiger partial charge on any atom is 0.262 e. The van der Waals surface area contributed by atoms with Gasteiger partial charge in [-0.1, -0.05) is 30.3 Å². The monoisotopic (exact) mass is 345 g/mol. The number of carbonyl (C=O) groups is 1. The lowest BCUT2D eigenvalue weighted by Gasteiger charge is -2.38. The molecule has 1 aliphatic rings. The Morgan fingerprint density at radius 1 is 1.00 bits per heavy atom. The molecule has 2 heterocycles. The van der Waals surface area contributed by atoms with Crippen molar-refractivity contribution in [3.63, 3.8) is 0 Å². The van der Waals surface area contributed by atoms with Crippen molar-refractivity contribution >= 4 is 17.3 Å². The fraction of sp³-hybridized carbons (Fsp3) is 0.143. The Balaban J connectivity index is 1.91. The molecule has 0 bridgehead atoms. The van der Waals surface area contributed by atoms with Gasteiger partial charge in [-0.3, -0.25) is 14.7 Å². The number of fused-ring (bicyclic) bond motifs is 1. The van der Waals surface area contributed by atoms with Crippen molar-refractivity contribution < 1.29 is 9.53 Å².